The lowest BCUT2D eigenvalue weighted by molar-refractivity contribution is 0.306. The van der Waals surface area contributed by atoms with Gasteiger partial charge in [-0.1, -0.05) is 37.4 Å². The van der Waals surface area contributed by atoms with Crippen molar-refractivity contribution in [2.45, 2.75) is 32.6 Å². The molecule has 120 valence electrons. The molecule has 0 aliphatic carbocycles. The summed E-state index contributed by atoms with van der Waals surface area (Å²) < 4.78 is 11.4. The largest absolute Gasteiger partial charge is 0.494 e. The first-order chi connectivity index (χ1) is 10.8. The van der Waals surface area contributed by atoms with Crippen LogP contribution >= 0.6 is 23.2 Å². The molecule has 0 bridgehead atoms. The number of unbranched alkanes of at least 4 members (excludes halogenated alkanes) is 2. The van der Waals surface area contributed by atoms with Crippen LogP contribution in [-0.2, 0) is 0 Å². The molecule has 0 atom stereocenters. The van der Waals surface area contributed by atoms with Gasteiger partial charge < -0.3 is 9.47 Å². The van der Waals surface area contributed by atoms with Gasteiger partial charge in [-0.15, -0.1) is 11.6 Å². The van der Waals surface area contributed by atoms with E-state index in [1.807, 2.05) is 30.3 Å². The molecule has 0 radical (unpaired) electrons. The average Bonchev–Trinajstić information content (AvgIpc) is 2.54. The first-order valence-corrected chi connectivity index (χ1v) is 8.71. The first kappa shape index (κ1) is 17.2. The number of benzene rings is 2. The molecule has 2 aromatic rings. The number of fused-ring (bicyclic) bond motifs is 1. The molecule has 2 rings (SSSR count). The highest BCUT2D eigenvalue weighted by molar-refractivity contribution is 6.37. The number of ether oxygens (including phenoxy) is 2. The zero-order valence-corrected chi connectivity index (χ0v) is 14.4. The molecule has 0 heterocycles. The Morgan fingerprint density at radius 2 is 1.77 bits per heavy atom. The summed E-state index contributed by atoms with van der Waals surface area (Å²) in [5.41, 5.74) is 0. The maximum atomic E-state index is 6.42. The van der Waals surface area contributed by atoms with E-state index in [0.717, 1.165) is 36.0 Å². The summed E-state index contributed by atoms with van der Waals surface area (Å²) in [6.07, 6.45) is 4.29. The standard InChI is InChI=1S/C18H22Cl2O2/c1-2-3-4-11-21-15-7-8-16-14(13-15)6-9-17(18(16)20)22-12-5-10-19/h6-9,13H,2-5,10-12H2,1H3. The van der Waals surface area contributed by atoms with Gasteiger partial charge in [0.15, 0.2) is 0 Å². The Kier molecular flexibility index (Phi) is 7.14. The van der Waals surface area contributed by atoms with Crippen LogP contribution in [0.1, 0.15) is 32.6 Å². The Hall–Kier alpha value is -1.12. The minimum absolute atomic E-state index is 0.577. The lowest BCUT2D eigenvalue weighted by Crippen LogP contribution is -1.99. The quantitative estimate of drug-likeness (QED) is 0.407. The van der Waals surface area contributed by atoms with E-state index in [0.29, 0.717) is 23.3 Å². The summed E-state index contributed by atoms with van der Waals surface area (Å²) in [6, 6.07) is 9.88. The normalized spacial score (nSPS) is 10.9. The van der Waals surface area contributed by atoms with Crippen LogP contribution in [0.15, 0.2) is 30.3 Å². The summed E-state index contributed by atoms with van der Waals surface area (Å²) in [4.78, 5) is 0. The van der Waals surface area contributed by atoms with E-state index >= 15 is 0 Å². The Bertz CT molecular complexity index is 599. The van der Waals surface area contributed by atoms with Crippen molar-refractivity contribution in [1.82, 2.24) is 0 Å². The summed E-state index contributed by atoms with van der Waals surface area (Å²) >= 11 is 12.1. The van der Waals surface area contributed by atoms with E-state index in [4.69, 9.17) is 32.7 Å². The third kappa shape index (κ3) is 4.69. The van der Waals surface area contributed by atoms with E-state index in [2.05, 4.69) is 6.92 Å². The molecular formula is C18H22Cl2O2. The van der Waals surface area contributed by atoms with Crippen molar-refractivity contribution < 1.29 is 9.47 Å². The molecule has 0 aromatic heterocycles. The molecule has 0 fully saturated rings. The minimum atomic E-state index is 0.577. The third-order valence-electron chi connectivity index (χ3n) is 3.44. The summed E-state index contributed by atoms with van der Waals surface area (Å²) in [5, 5.41) is 2.68. The predicted octanol–water partition coefficient (Wildman–Crippen LogP) is 6.07. The van der Waals surface area contributed by atoms with Crippen LogP contribution < -0.4 is 9.47 Å². The Labute approximate surface area is 142 Å². The van der Waals surface area contributed by atoms with Crippen molar-refractivity contribution >= 4 is 34.0 Å². The molecule has 0 amide bonds. The van der Waals surface area contributed by atoms with Gasteiger partial charge in [-0.2, -0.15) is 0 Å². The van der Waals surface area contributed by atoms with Crippen LogP contribution in [0.4, 0.5) is 0 Å². The molecule has 2 aromatic carbocycles. The molecular weight excluding hydrogens is 319 g/mol. The number of halogens is 2. The zero-order valence-electron chi connectivity index (χ0n) is 12.9. The van der Waals surface area contributed by atoms with Crippen molar-refractivity contribution in [3.63, 3.8) is 0 Å². The Morgan fingerprint density at radius 1 is 0.955 bits per heavy atom. The maximum absolute atomic E-state index is 6.42. The van der Waals surface area contributed by atoms with E-state index in [1.165, 1.54) is 12.8 Å². The lowest BCUT2D eigenvalue weighted by atomic mass is 10.1. The van der Waals surface area contributed by atoms with Crippen molar-refractivity contribution in [1.29, 1.82) is 0 Å². The summed E-state index contributed by atoms with van der Waals surface area (Å²) in [7, 11) is 0. The topological polar surface area (TPSA) is 18.5 Å². The van der Waals surface area contributed by atoms with Gasteiger partial charge in [0, 0.05) is 11.3 Å². The average molecular weight is 341 g/mol. The van der Waals surface area contributed by atoms with Crippen molar-refractivity contribution in [2.24, 2.45) is 0 Å². The Balaban J connectivity index is 2.08. The second-order valence-corrected chi connectivity index (χ2v) is 5.96. The molecule has 0 unspecified atom stereocenters. The van der Waals surface area contributed by atoms with Crippen LogP contribution in [0.5, 0.6) is 11.5 Å². The van der Waals surface area contributed by atoms with Gasteiger partial charge in [-0.25, -0.2) is 0 Å². The summed E-state index contributed by atoms with van der Waals surface area (Å²) in [6.45, 7) is 3.52. The van der Waals surface area contributed by atoms with Gasteiger partial charge in [0.2, 0.25) is 0 Å². The highest BCUT2D eigenvalue weighted by Gasteiger charge is 2.08. The van der Waals surface area contributed by atoms with Gasteiger partial charge >= 0.3 is 0 Å². The van der Waals surface area contributed by atoms with Gasteiger partial charge in [0.1, 0.15) is 11.5 Å². The minimum Gasteiger partial charge on any atom is -0.494 e. The highest BCUT2D eigenvalue weighted by atomic mass is 35.5. The number of alkyl halides is 1. The molecule has 22 heavy (non-hydrogen) atoms. The molecule has 0 spiro atoms. The molecule has 0 aliphatic heterocycles. The molecule has 4 heteroatoms. The monoisotopic (exact) mass is 340 g/mol. The zero-order chi connectivity index (χ0) is 15.8. The van der Waals surface area contributed by atoms with Crippen molar-refractivity contribution in [3.05, 3.63) is 35.4 Å². The number of hydrogen-bond acceptors (Lipinski definition) is 2. The second kappa shape index (κ2) is 9.12. The number of hydrogen-bond donors (Lipinski definition) is 0. The van der Waals surface area contributed by atoms with Gasteiger partial charge in [0.05, 0.1) is 18.2 Å². The summed E-state index contributed by atoms with van der Waals surface area (Å²) in [5.74, 6) is 2.18. The fraction of sp³-hybridized carbons (Fsp3) is 0.444. The second-order valence-electron chi connectivity index (χ2n) is 5.21. The lowest BCUT2D eigenvalue weighted by Gasteiger charge is -2.11. The highest BCUT2D eigenvalue weighted by Crippen LogP contribution is 2.34. The van der Waals surface area contributed by atoms with Gasteiger partial charge in [-0.3, -0.25) is 0 Å². The Morgan fingerprint density at radius 3 is 2.55 bits per heavy atom. The fourth-order valence-corrected chi connectivity index (χ4v) is 2.63. The first-order valence-electron chi connectivity index (χ1n) is 7.80. The van der Waals surface area contributed by atoms with E-state index in [9.17, 15) is 0 Å². The van der Waals surface area contributed by atoms with Crippen LogP contribution in [0.25, 0.3) is 10.8 Å². The molecule has 0 saturated heterocycles. The van der Waals surface area contributed by atoms with Gasteiger partial charge in [0.25, 0.3) is 0 Å². The van der Waals surface area contributed by atoms with Crippen molar-refractivity contribution in [2.75, 3.05) is 19.1 Å². The van der Waals surface area contributed by atoms with Gasteiger partial charge in [-0.05, 0) is 42.5 Å². The van der Waals surface area contributed by atoms with E-state index in [-0.39, 0.29) is 0 Å². The molecule has 0 aliphatic rings. The van der Waals surface area contributed by atoms with Crippen molar-refractivity contribution in [3.8, 4) is 11.5 Å². The van der Waals surface area contributed by atoms with Crippen LogP contribution in [0.2, 0.25) is 5.02 Å². The smallest absolute Gasteiger partial charge is 0.138 e. The SMILES string of the molecule is CCCCCOc1ccc2c(Cl)c(OCCCCl)ccc2c1. The maximum Gasteiger partial charge on any atom is 0.138 e. The molecule has 0 saturated carbocycles. The molecule has 2 nitrogen and oxygen atoms in total. The van der Waals surface area contributed by atoms with Crippen LogP contribution in [0, 0.1) is 0 Å². The van der Waals surface area contributed by atoms with Crippen LogP contribution in [-0.4, -0.2) is 19.1 Å². The van der Waals surface area contributed by atoms with Crippen LogP contribution in [0.3, 0.4) is 0 Å². The third-order valence-corrected chi connectivity index (χ3v) is 4.10. The fourth-order valence-electron chi connectivity index (χ4n) is 2.23. The van der Waals surface area contributed by atoms with E-state index in [1.54, 1.807) is 0 Å². The molecule has 0 N–H and O–H groups in total. The number of rotatable bonds is 9. The van der Waals surface area contributed by atoms with E-state index < -0.39 is 0 Å². The predicted molar refractivity (Wildman–Crippen MR) is 94.8 cm³/mol.